The SMILES string of the molecule is c1ncn(CC2CC2)c1C1CCCNC1. The number of nitrogens with zero attached hydrogens (tertiary/aromatic N) is 2. The van der Waals surface area contributed by atoms with Crippen LogP contribution >= 0.6 is 0 Å². The smallest absolute Gasteiger partial charge is 0.0948 e. The third kappa shape index (κ3) is 2.07. The first kappa shape index (κ1) is 9.40. The number of aromatic nitrogens is 2. The molecule has 1 aromatic heterocycles. The van der Waals surface area contributed by atoms with Crippen LogP contribution in [-0.4, -0.2) is 22.6 Å². The molecule has 1 aliphatic heterocycles. The topological polar surface area (TPSA) is 29.9 Å². The summed E-state index contributed by atoms with van der Waals surface area (Å²) in [6, 6.07) is 0. The summed E-state index contributed by atoms with van der Waals surface area (Å²) in [6.45, 7) is 3.52. The maximum Gasteiger partial charge on any atom is 0.0948 e. The molecule has 0 bridgehead atoms. The Hall–Kier alpha value is -0.830. The van der Waals surface area contributed by atoms with E-state index in [1.165, 1.54) is 44.5 Å². The van der Waals surface area contributed by atoms with Crippen molar-refractivity contribution >= 4 is 0 Å². The van der Waals surface area contributed by atoms with Crippen LogP contribution in [0.15, 0.2) is 12.5 Å². The summed E-state index contributed by atoms with van der Waals surface area (Å²) in [5.41, 5.74) is 1.45. The fourth-order valence-corrected chi connectivity index (χ4v) is 2.51. The Balaban J connectivity index is 1.73. The predicted octanol–water partition coefficient (Wildman–Crippen LogP) is 1.76. The van der Waals surface area contributed by atoms with Gasteiger partial charge < -0.3 is 9.88 Å². The van der Waals surface area contributed by atoms with Gasteiger partial charge in [0.25, 0.3) is 0 Å². The van der Waals surface area contributed by atoms with Crippen molar-refractivity contribution in [1.29, 1.82) is 0 Å². The molecule has 2 heterocycles. The molecule has 1 saturated carbocycles. The third-order valence-corrected chi connectivity index (χ3v) is 3.61. The van der Waals surface area contributed by atoms with E-state index < -0.39 is 0 Å². The van der Waals surface area contributed by atoms with Gasteiger partial charge in [0.2, 0.25) is 0 Å². The lowest BCUT2D eigenvalue weighted by Gasteiger charge is -2.23. The van der Waals surface area contributed by atoms with E-state index in [2.05, 4.69) is 21.1 Å². The van der Waals surface area contributed by atoms with Crippen molar-refractivity contribution < 1.29 is 0 Å². The summed E-state index contributed by atoms with van der Waals surface area (Å²) in [6.07, 6.45) is 9.55. The van der Waals surface area contributed by atoms with Crippen molar-refractivity contribution in [2.75, 3.05) is 13.1 Å². The molecule has 0 radical (unpaired) electrons. The Morgan fingerprint density at radius 1 is 1.40 bits per heavy atom. The minimum absolute atomic E-state index is 0.694. The number of piperidine rings is 1. The van der Waals surface area contributed by atoms with E-state index in [1.807, 2.05) is 6.33 Å². The van der Waals surface area contributed by atoms with E-state index in [0.29, 0.717) is 5.92 Å². The lowest BCUT2D eigenvalue weighted by molar-refractivity contribution is 0.436. The maximum atomic E-state index is 4.31. The van der Waals surface area contributed by atoms with Crippen LogP contribution < -0.4 is 5.32 Å². The highest BCUT2D eigenvalue weighted by molar-refractivity contribution is 5.08. The van der Waals surface area contributed by atoms with Gasteiger partial charge in [0.15, 0.2) is 0 Å². The Bertz CT molecular complexity index is 321. The molecule has 1 aliphatic carbocycles. The van der Waals surface area contributed by atoms with Gasteiger partial charge in [0.05, 0.1) is 6.33 Å². The lowest BCUT2D eigenvalue weighted by Crippen LogP contribution is -2.29. The van der Waals surface area contributed by atoms with E-state index in [0.717, 1.165) is 12.5 Å². The first-order valence-electron chi connectivity index (χ1n) is 6.14. The normalized spacial score (nSPS) is 26.8. The summed E-state index contributed by atoms with van der Waals surface area (Å²) in [4.78, 5) is 4.31. The molecule has 2 aliphatic rings. The van der Waals surface area contributed by atoms with E-state index in [4.69, 9.17) is 0 Å². The minimum Gasteiger partial charge on any atom is -0.334 e. The van der Waals surface area contributed by atoms with Gasteiger partial charge in [0.1, 0.15) is 0 Å². The molecule has 0 amide bonds. The number of rotatable bonds is 3. The van der Waals surface area contributed by atoms with Gasteiger partial charge in [-0.1, -0.05) is 0 Å². The van der Waals surface area contributed by atoms with Crippen LogP contribution in [0.3, 0.4) is 0 Å². The molecular weight excluding hydrogens is 186 g/mol. The molecule has 0 spiro atoms. The zero-order chi connectivity index (χ0) is 10.1. The summed E-state index contributed by atoms with van der Waals surface area (Å²) >= 11 is 0. The average Bonchev–Trinajstić information content (AvgIpc) is 2.96. The average molecular weight is 205 g/mol. The molecule has 3 nitrogen and oxygen atoms in total. The number of hydrogen-bond acceptors (Lipinski definition) is 2. The Kier molecular flexibility index (Phi) is 2.49. The zero-order valence-corrected chi connectivity index (χ0v) is 9.15. The van der Waals surface area contributed by atoms with Gasteiger partial charge in [-0.05, 0) is 38.1 Å². The van der Waals surface area contributed by atoms with Gasteiger partial charge in [-0.25, -0.2) is 4.98 Å². The van der Waals surface area contributed by atoms with Gasteiger partial charge >= 0.3 is 0 Å². The molecular formula is C12H19N3. The molecule has 82 valence electrons. The van der Waals surface area contributed by atoms with Crippen molar-refractivity contribution in [2.45, 2.75) is 38.1 Å². The van der Waals surface area contributed by atoms with Crippen molar-refractivity contribution in [3.8, 4) is 0 Å². The second-order valence-corrected chi connectivity index (χ2v) is 4.96. The summed E-state index contributed by atoms with van der Waals surface area (Å²) in [5, 5.41) is 3.48. The molecule has 1 aromatic rings. The number of imidazole rings is 1. The van der Waals surface area contributed by atoms with Crippen molar-refractivity contribution in [2.24, 2.45) is 5.92 Å². The third-order valence-electron chi connectivity index (χ3n) is 3.61. The molecule has 1 unspecified atom stereocenters. The molecule has 1 saturated heterocycles. The fraction of sp³-hybridized carbons (Fsp3) is 0.750. The number of nitrogens with one attached hydrogen (secondary N) is 1. The minimum atomic E-state index is 0.694. The highest BCUT2D eigenvalue weighted by Gasteiger charge is 2.24. The lowest BCUT2D eigenvalue weighted by atomic mass is 9.96. The Labute approximate surface area is 90.9 Å². The molecule has 3 heteroatoms. The molecule has 0 aromatic carbocycles. The van der Waals surface area contributed by atoms with Crippen molar-refractivity contribution in [3.63, 3.8) is 0 Å². The second-order valence-electron chi connectivity index (χ2n) is 4.96. The van der Waals surface area contributed by atoms with Gasteiger partial charge in [0, 0.05) is 30.9 Å². The highest BCUT2D eigenvalue weighted by Crippen LogP contribution is 2.32. The van der Waals surface area contributed by atoms with E-state index in [-0.39, 0.29) is 0 Å². The second kappa shape index (κ2) is 3.97. The van der Waals surface area contributed by atoms with E-state index in [1.54, 1.807) is 0 Å². The first-order chi connectivity index (χ1) is 7.43. The van der Waals surface area contributed by atoms with Crippen molar-refractivity contribution in [3.05, 3.63) is 18.2 Å². The van der Waals surface area contributed by atoms with Gasteiger partial charge in [-0.3, -0.25) is 0 Å². The predicted molar refractivity (Wildman–Crippen MR) is 59.8 cm³/mol. The molecule has 1 N–H and O–H groups in total. The van der Waals surface area contributed by atoms with Gasteiger partial charge in [-0.2, -0.15) is 0 Å². The molecule has 1 atom stereocenters. The van der Waals surface area contributed by atoms with Gasteiger partial charge in [-0.15, -0.1) is 0 Å². The molecule has 3 rings (SSSR count). The zero-order valence-electron chi connectivity index (χ0n) is 9.15. The summed E-state index contributed by atoms with van der Waals surface area (Å²) in [5.74, 6) is 1.63. The molecule has 15 heavy (non-hydrogen) atoms. The standard InChI is InChI=1S/C12H19N3/c1-2-11(6-13-5-1)12-7-14-9-15(12)8-10-3-4-10/h7,9-11,13H,1-6,8H2. The maximum absolute atomic E-state index is 4.31. The Morgan fingerprint density at radius 2 is 2.33 bits per heavy atom. The largest absolute Gasteiger partial charge is 0.334 e. The number of hydrogen-bond donors (Lipinski definition) is 1. The quantitative estimate of drug-likeness (QED) is 0.815. The Morgan fingerprint density at radius 3 is 3.07 bits per heavy atom. The molecule has 2 fully saturated rings. The van der Waals surface area contributed by atoms with Crippen LogP contribution in [0.25, 0.3) is 0 Å². The first-order valence-corrected chi connectivity index (χ1v) is 6.14. The monoisotopic (exact) mass is 205 g/mol. The van der Waals surface area contributed by atoms with Crippen LogP contribution in [-0.2, 0) is 6.54 Å². The van der Waals surface area contributed by atoms with Crippen LogP contribution in [0, 0.1) is 5.92 Å². The van der Waals surface area contributed by atoms with Crippen LogP contribution in [0.4, 0.5) is 0 Å². The van der Waals surface area contributed by atoms with Crippen LogP contribution in [0.2, 0.25) is 0 Å². The summed E-state index contributed by atoms with van der Waals surface area (Å²) < 4.78 is 2.38. The van der Waals surface area contributed by atoms with Crippen LogP contribution in [0.5, 0.6) is 0 Å². The highest BCUT2D eigenvalue weighted by atomic mass is 15.1. The van der Waals surface area contributed by atoms with Crippen molar-refractivity contribution in [1.82, 2.24) is 14.9 Å². The van der Waals surface area contributed by atoms with E-state index >= 15 is 0 Å². The summed E-state index contributed by atoms with van der Waals surface area (Å²) in [7, 11) is 0. The van der Waals surface area contributed by atoms with Crippen LogP contribution in [0.1, 0.15) is 37.3 Å². The fourth-order valence-electron chi connectivity index (χ4n) is 2.51. The van der Waals surface area contributed by atoms with E-state index in [9.17, 15) is 0 Å².